The molecule has 0 amide bonds. The Labute approximate surface area is 116 Å². The fourth-order valence-electron chi connectivity index (χ4n) is 2.41. The third-order valence-corrected chi connectivity index (χ3v) is 3.19. The van der Waals surface area contributed by atoms with E-state index in [0.717, 1.165) is 25.2 Å². The third-order valence-electron chi connectivity index (χ3n) is 3.19. The Morgan fingerprint density at radius 2 is 2.11 bits per heavy atom. The van der Waals surface area contributed by atoms with E-state index < -0.39 is 5.54 Å². The molecule has 1 rings (SSSR count). The predicted molar refractivity (Wildman–Crippen MR) is 77.8 cm³/mol. The van der Waals surface area contributed by atoms with Crippen LogP contribution in [-0.2, 0) is 6.54 Å². The Bertz CT molecular complexity index is 428. The summed E-state index contributed by atoms with van der Waals surface area (Å²) in [5.41, 5.74) is -0.438. The Hall–Kier alpha value is -1.34. The maximum absolute atomic E-state index is 9.30. The molecule has 0 radical (unpaired) electrons. The summed E-state index contributed by atoms with van der Waals surface area (Å²) in [6.07, 6.45) is 5.69. The molecule has 0 saturated carbocycles. The van der Waals surface area contributed by atoms with Crippen molar-refractivity contribution >= 4 is 0 Å². The summed E-state index contributed by atoms with van der Waals surface area (Å²) >= 11 is 0. The van der Waals surface area contributed by atoms with Crippen LogP contribution in [0.5, 0.6) is 0 Å². The van der Waals surface area contributed by atoms with Gasteiger partial charge in [-0.05, 0) is 33.6 Å². The lowest BCUT2D eigenvalue weighted by atomic mass is 9.96. The topological polar surface area (TPSA) is 53.6 Å². The van der Waals surface area contributed by atoms with E-state index in [4.69, 9.17) is 0 Å². The third kappa shape index (κ3) is 4.68. The van der Waals surface area contributed by atoms with Crippen molar-refractivity contribution in [2.24, 2.45) is 0 Å². The zero-order chi connectivity index (χ0) is 14.5. The molecule has 0 aromatic carbocycles. The van der Waals surface area contributed by atoms with Crippen LogP contribution in [0.3, 0.4) is 0 Å². The van der Waals surface area contributed by atoms with Gasteiger partial charge in [-0.3, -0.25) is 5.32 Å². The summed E-state index contributed by atoms with van der Waals surface area (Å²) in [6.45, 7) is 11.3. The lowest BCUT2D eigenvalue weighted by Gasteiger charge is -2.26. The molecule has 1 aromatic heterocycles. The molecule has 19 heavy (non-hydrogen) atoms. The largest absolute Gasteiger partial charge is 0.335 e. The lowest BCUT2D eigenvalue weighted by Crippen LogP contribution is -2.45. The minimum Gasteiger partial charge on any atom is -0.335 e. The highest BCUT2D eigenvalue weighted by molar-refractivity contribution is 5.04. The van der Waals surface area contributed by atoms with Gasteiger partial charge in [-0.15, -0.1) is 0 Å². The molecule has 4 heteroatoms. The van der Waals surface area contributed by atoms with E-state index in [1.807, 2.05) is 19.3 Å². The van der Waals surface area contributed by atoms with Crippen LogP contribution >= 0.6 is 0 Å². The Balaban J connectivity index is 2.53. The van der Waals surface area contributed by atoms with E-state index in [9.17, 15) is 5.26 Å². The summed E-state index contributed by atoms with van der Waals surface area (Å²) in [5.74, 6) is 1.56. The van der Waals surface area contributed by atoms with Crippen LogP contribution < -0.4 is 5.32 Å². The summed E-state index contributed by atoms with van der Waals surface area (Å²) in [7, 11) is 0. The lowest BCUT2D eigenvalue weighted by molar-refractivity contribution is 0.363. The van der Waals surface area contributed by atoms with Crippen LogP contribution in [0.15, 0.2) is 12.4 Å². The predicted octanol–water partition coefficient (Wildman–Crippen LogP) is 3.07. The van der Waals surface area contributed by atoms with E-state index in [-0.39, 0.29) is 0 Å². The average molecular weight is 262 g/mol. The molecule has 1 heterocycles. The van der Waals surface area contributed by atoms with Gasteiger partial charge in [0.1, 0.15) is 11.4 Å². The minimum absolute atomic E-state index is 0.323. The Kier molecular flexibility index (Phi) is 5.56. The number of rotatable bonds is 7. The first-order valence-corrected chi connectivity index (χ1v) is 7.08. The standard InChI is InChI=1S/C15H26N4/c1-12(2)14-17-8-10-19(14)9-6-7-15(5,11-16)18-13(3)4/h8,10,12-13,18H,6-7,9H2,1-5H3. The molecule has 0 saturated heterocycles. The molecule has 0 aliphatic rings. The van der Waals surface area contributed by atoms with Gasteiger partial charge in [-0.2, -0.15) is 5.26 Å². The molecule has 0 fully saturated rings. The quantitative estimate of drug-likeness (QED) is 0.821. The SMILES string of the molecule is CC(C)NC(C)(C#N)CCCn1ccnc1C(C)C. The molecule has 0 spiro atoms. The van der Waals surface area contributed by atoms with Crippen LogP contribution in [-0.4, -0.2) is 21.1 Å². The number of aryl methyl sites for hydroxylation is 1. The number of nitrogens with one attached hydrogen (secondary N) is 1. The van der Waals surface area contributed by atoms with Gasteiger partial charge in [-0.1, -0.05) is 13.8 Å². The van der Waals surface area contributed by atoms with Crippen LogP contribution in [0.2, 0.25) is 0 Å². The summed E-state index contributed by atoms with van der Waals surface area (Å²) in [6, 6.07) is 2.71. The maximum Gasteiger partial charge on any atom is 0.111 e. The van der Waals surface area contributed by atoms with Crippen LogP contribution in [0.25, 0.3) is 0 Å². The van der Waals surface area contributed by atoms with Crippen LogP contribution in [0.1, 0.15) is 59.2 Å². The summed E-state index contributed by atoms with van der Waals surface area (Å²) in [5, 5.41) is 12.6. The second-order valence-electron chi connectivity index (χ2n) is 5.98. The molecule has 0 bridgehead atoms. The van der Waals surface area contributed by atoms with Gasteiger partial charge >= 0.3 is 0 Å². The number of hydrogen-bond acceptors (Lipinski definition) is 3. The van der Waals surface area contributed by atoms with Gasteiger partial charge in [0.25, 0.3) is 0 Å². The smallest absolute Gasteiger partial charge is 0.111 e. The molecular weight excluding hydrogens is 236 g/mol. The number of imidazole rings is 1. The normalized spacial score (nSPS) is 14.6. The molecule has 0 aliphatic heterocycles. The van der Waals surface area contributed by atoms with E-state index in [1.54, 1.807) is 0 Å². The van der Waals surface area contributed by atoms with Crippen LogP contribution in [0.4, 0.5) is 0 Å². The first-order valence-electron chi connectivity index (χ1n) is 7.08. The molecule has 4 nitrogen and oxygen atoms in total. The molecule has 1 atom stereocenters. The first kappa shape index (κ1) is 15.7. The van der Waals surface area contributed by atoms with Crippen molar-refractivity contribution in [2.45, 2.75) is 71.5 Å². The van der Waals surface area contributed by atoms with Gasteiger partial charge in [0.15, 0.2) is 0 Å². The zero-order valence-electron chi connectivity index (χ0n) is 12.8. The van der Waals surface area contributed by atoms with E-state index in [0.29, 0.717) is 12.0 Å². The molecule has 106 valence electrons. The number of aromatic nitrogens is 2. The van der Waals surface area contributed by atoms with Gasteiger partial charge in [0.05, 0.1) is 6.07 Å². The van der Waals surface area contributed by atoms with Crippen molar-refractivity contribution in [1.82, 2.24) is 14.9 Å². The molecule has 0 aliphatic carbocycles. The average Bonchev–Trinajstić information content (AvgIpc) is 2.76. The van der Waals surface area contributed by atoms with E-state index in [2.05, 4.69) is 48.6 Å². The first-order chi connectivity index (χ1) is 8.88. The van der Waals surface area contributed by atoms with Crippen molar-refractivity contribution in [3.8, 4) is 6.07 Å². The van der Waals surface area contributed by atoms with Crippen molar-refractivity contribution < 1.29 is 0 Å². The van der Waals surface area contributed by atoms with Crippen molar-refractivity contribution in [3.63, 3.8) is 0 Å². The van der Waals surface area contributed by atoms with Crippen molar-refractivity contribution in [2.75, 3.05) is 0 Å². The number of hydrogen-bond donors (Lipinski definition) is 1. The fraction of sp³-hybridized carbons (Fsp3) is 0.733. The van der Waals surface area contributed by atoms with Gasteiger partial charge in [-0.25, -0.2) is 4.98 Å². The molecule has 1 aromatic rings. The summed E-state index contributed by atoms with van der Waals surface area (Å²) in [4.78, 5) is 4.38. The second-order valence-corrected chi connectivity index (χ2v) is 5.98. The van der Waals surface area contributed by atoms with Crippen LogP contribution in [0, 0.1) is 11.3 Å². The number of nitriles is 1. The monoisotopic (exact) mass is 262 g/mol. The minimum atomic E-state index is -0.438. The highest BCUT2D eigenvalue weighted by atomic mass is 15.1. The van der Waals surface area contributed by atoms with E-state index in [1.165, 1.54) is 0 Å². The summed E-state index contributed by atoms with van der Waals surface area (Å²) < 4.78 is 2.19. The maximum atomic E-state index is 9.30. The number of nitrogens with zero attached hydrogens (tertiary/aromatic N) is 3. The Morgan fingerprint density at radius 3 is 2.63 bits per heavy atom. The van der Waals surface area contributed by atoms with Crippen molar-refractivity contribution in [1.29, 1.82) is 5.26 Å². The van der Waals surface area contributed by atoms with E-state index >= 15 is 0 Å². The highest BCUT2D eigenvalue weighted by Gasteiger charge is 2.23. The van der Waals surface area contributed by atoms with Gasteiger partial charge < -0.3 is 4.57 Å². The van der Waals surface area contributed by atoms with Crippen molar-refractivity contribution in [3.05, 3.63) is 18.2 Å². The zero-order valence-corrected chi connectivity index (χ0v) is 12.8. The molecule has 1 unspecified atom stereocenters. The second kappa shape index (κ2) is 6.72. The molecular formula is C15H26N4. The Morgan fingerprint density at radius 1 is 1.42 bits per heavy atom. The van der Waals surface area contributed by atoms with Gasteiger partial charge in [0.2, 0.25) is 0 Å². The highest BCUT2D eigenvalue weighted by Crippen LogP contribution is 2.16. The molecule has 1 N–H and O–H groups in total. The van der Waals surface area contributed by atoms with Gasteiger partial charge in [0, 0.05) is 30.9 Å². The fourth-order valence-corrected chi connectivity index (χ4v) is 2.41.